The molecule has 2 saturated heterocycles. The summed E-state index contributed by atoms with van der Waals surface area (Å²) in [6.07, 6.45) is 7.03. The third kappa shape index (κ3) is 3.89. The van der Waals surface area contributed by atoms with E-state index in [1.54, 1.807) is 6.92 Å². The predicted molar refractivity (Wildman–Crippen MR) is 106 cm³/mol. The van der Waals surface area contributed by atoms with Crippen LogP contribution in [0.25, 0.3) is 0 Å². The fourth-order valence-corrected chi connectivity index (χ4v) is 5.42. The van der Waals surface area contributed by atoms with Crippen LogP contribution in [0.2, 0.25) is 0 Å². The van der Waals surface area contributed by atoms with Crippen LogP contribution in [0, 0.1) is 11.3 Å². The minimum absolute atomic E-state index is 0.116. The Morgan fingerprint density at radius 3 is 3.04 bits per heavy atom. The molecule has 0 radical (unpaired) electrons. The summed E-state index contributed by atoms with van der Waals surface area (Å²) in [5.74, 6) is 0.517. The van der Waals surface area contributed by atoms with Crippen molar-refractivity contribution in [2.24, 2.45) is 11.3 Å². The number of Topliss-reactive ketones (excluding diaryl/α,β-unsaturated/α-hetero) is 1. The average Bonchev–Trinajstić information content (AvgIpc) is 3.35. The van der Waals surface area contributed by atoms with E-state index < -0.39 is 5.41 Å². The summed E-state index contributed by atoms with van der Waals surface area (Å²) in [6, 6.07) is 1.99. The van der Waals surface area contributed by atoms with E-state index in [9.17, 15) is 9.59 Å². The average molecular weight is 389 g/mol. The van der Waals surface area contributed by atoms with Gasteiger partial charge in [-0.2, -0.15) is 0 Å². The number of nitrogens with one attached hydrogen (secondary N) is 1. The molecule has 1 aromatic heterocycles. The van der Waals surface area contributed by atoms with E-state index in [-0.39, 0.29) is 17.6 Å². The molecule has 4 rings (SSSR count). The number of carbonyl (C=O) groups is 2. The number of thiophene rings is 1. The second-order valence-corrected chi connectivity index (χ2v) is 9.12. The van der Waals surface area contributed by atoms with Crippen LogP contribution in [0.3, 0.4) is 0 Å². The predicted octanol–water partition coefficient (Wildman–Crippen LogP) is 3.02. The molecule has 1 aliphatic carbocycles. The van der Waals surface area contributed by atoms with E-state index in [0.717, 1.165) is 42.9 Å². The molecule has 2 fully saturated rings. The van der Waals surface area contributed by atoms with Crippen molar-refractivity contribution in [3.05, 3.63) is 33.5 Å². The van der Waals surface area contributed by atoms with Gasteiger partial charge in [0.25, 0.3) is 0 Å². The summed E-state index contributed by atoms with van der Waals surface area (Å²) in [5.41, 5.74) is 2.11. The van der Waals surface area contributed by atoms with E-state index in [1.165, 1.54) is 29.8 Å². The molecule has 0 saturated carbocycles. The Balaban J connectivity index is 1.39. The van der Waals surface area contributed by atoms with Crippen LogP contribution in [-0.2, 0) is 16.1 Å². The van der Waals surface area contributed by atoms with Gasteiger partial charge in [-0.3, -0.25) is 14.5 Å². The van der Waals surface area contributed by atoms with Crippen molar-refractivity contribution in [1.82, 2.24) is 10.2 Å². The number of fused-ring (bicyclic) bond motifs is 1. The van der Waals surface area contributed by atoms with Crippen molar-refractivity contribution in [3.8, 4) is 0 Å². The van der Waals surface area contributed by atoms with Crippen LogP contribution in [0.15, 0.2) is 23.1 Å². The van der Waals surface area contributed by atoms with Crippen LogP contribution in [0.1, 0.15) is 47.8 Å². The molecular formula is C21H28N2O3S. The van der Waals surface area contributed by atoms with Gasteiger partial charge in [0.2, 0.25) is 5.91 Å². The molecule has 27 heavy (non-hydrogen) atoms. The van der Waals surface area contributed by atoms with Crippen LogP contribution in [-0.4, -0.2) is 49.4 Å². The summed E-state index contributed by atoms with van der Waals surface area (Å²) < 4.78 is 5.72. The highest BCUT2D eigenvalue weighted by Gasteiger charge is 2.55. The zero-order chi connectivity index (χ0) is 18.9. The molecule has 3 heterocycles. The number of ketones is 1. The van der Waals surface area contributed by atoms with Gasteiger partial charge in [-0.15, -0.1) is 11.3 Å². The zero-order valence-corrected chi connectivity index (χ0v) is 16.8. The van der Waals surface area contributed by atoms with Gasteiger partial charge in [0.05, 0.1) is 23.5 Å². The summed E-state index contributed by atoms with van der Waals surface area (Å²) in [7, 11) is 0. The summed E-state index contributed by atoms with van der Waals surface area (Å²) >= 11 is 1.51. The quantitative estimate of drug-likeness (QED) is 0.601. The maximum absolute atomic E-state index is 13.1. The van der Waals surface area contributed by atoms with Gasteiger partial charge >= 0.3 is 0 Å². The minimum Gasteiger partial charge on any atom is -0.380 e. The number of ether oxygens (including phenoxy) is 1. The highest BCUT2D eigenvalue weighted by Crippen LogP contribution is 2.42. The molecule has 3 aliphatic rings. The molecule has 2 atom stereocenters. The lowest BCUT2D eigenvalue weighted by atomic mass is 9.80. The highest BCUT2D eigenvalue weighted by atomic mass is 32.1. The molecular weight excluding hydrogens is 360 g/mol. The van der Waals surface area contributed by atoms with Gasteiger partial charge in [0.1, 0.15) is 0 Å². The van der Waals surface area contributed by atoms with E-state index in [4.69, 9.17) is 4.74 Å². The summed E-state index contributed by atoms with van der Waals surface area (Å²) in [5, 5.41) is 5.26. The smallest absolute Gasteiger partial charge is 0.230 e. The second-order valence-electron chi connectivity index (χ2n) is 8.20. The van der Waals surface area contributed by atoms with E-state index in [2.05, 4.69) is 21.7 Å². The SMILES string of the molecule is CC(=O)c1cc(CN2CC3COC[C@]3(C(=O)NCC3=CCCCC3)C2)cs1. The van der Waals surface area contributed by atoms with Crippen molar-refractivity contribution in [1.29, 1.82) is 0 Å². The Bertz CT molecular complexity index is 756. The van der Waals surface area contributed by atoms with Crippen LogP contribution in [0.4, 0.5) is 0 Å². The Hall–Kier alpha value is -1.50. The molecule has 0 bridgehead atoms. The van der Waals surface area contributed by atoms with Crippen molar-refractivity contribution >= 4 is 23.0 Å². The van der Waals surface area contributed by atoms with Gasteiger partial charge in [-0.05, 0) is 49.6 Å². The van der Waals surface area contributed by atoms with E-state index >= 15 is 0 Å². The van der Waals surface area contributed by atoms with Crippen molar-refractivity contribution in [2.45, 2.75) is 39.2 Å². The largest absolute Gasteiger partial charge is 0.380 e. The van der Waals surface area contributed by atoms with Crippen LogP contribution in [0.5, 0.6) is 0 Å². The van der Waals surface area contributed by atoms with Crippen molar-refractivity contribution < 1.29 is 14.3 Å². The molecule has 1 aromatic rings. The number of hydrogen-bond acceptors (Lipinski definition) is 5. The second kappa shape index (κ2) is 7.86. The van der Waals surface area contributed by atoms with E-state index in [1.807, 2.05) is 6.07 Å². The molecule has 146 valence electrons. The van der Waals surface area contributed by atoms with Gasteiger partial charge in [-0.25, -0.2) is 0 Å². The topological polar surface area (TPSA) is 58.6 Å². The molecule has 5 nitrogen and oxygen atoms in total. The Labute approximate surface area is 164 Å². The molecule has 0 spiro atoms. The number of amides is 1. The maximum Gasteiger partial charge on any atom is 0.230 e. The van der Waals surface area contributed by atoms with Crippen molar-refractivity contribution in [3.63, 3.8) is 0 Å². The maximum atomic E-state index is 13.1. The lowest BCUT2D eigenvalue weighted by Crippen LogP contribution is -2.47. The van der Waals surface area contributed by atoms with Crippen LogP contribution < -0.4 is 5.32 Å². The third-order valence-corrected chi connectivity index (χ3v) is 7.24. The first-order valence-corrected chi connectivity index (χ1v) is 10.8. The number of allylic oxidation sites excluding steroid dienone is 1. The van der Waals surface area contributed by atoms with Crippen LogP contribution >= 0.6 is 11.3 Å². The number of hydrogen-bond donors (Lipinski definition) is 1. The molecule has 6 heteroatoms. The molecule has 1 unspecified atom stereocenters. The first-order chi connectivity index (χ1) is 13.1. The number of rotatable bonds is 6. The van der Waals surface area contributed by atoms with Gasteiger partial charge < -0.3 is 10.1 Å². The van der Waals surface area contributed by atoms with Gasteiger partial charge in [0, 0.05) is 32.1 Å². The Morgan fingerprint density at radius 2 is 2.30 bits per heavy atom. The number of nitrogens with zero attached hydrogens (tertiary/aromatic N) is 1. The van der Waals surface area contributed by atoms with Crippen molar-refractivity contribution in [2.75, 3.05) is 32.8 Å². The normalized spacial score (nSPS) is 28.0. The van der Waals surface area contributed by atoms with E-state index in [0.29, 0.717) is 19.8 Å². The third-order valence-electron chi connectivity index (χ3n) is 6.16. The first kappa shape index (κ1) is 18.8. The highest BCUT2D eigenvalue weighted by molar-refractivity contribution is 7.12. The Kier molecular flexibility index (Phi) is 5.48. The lowest BCUT2D eigenvalue weighted by molar-refractivity contribution is -0.131. The molecule has 2 aliphatic heterocycles. The molecule has 1 amide bonds. The fraction of sp³-hybridized carbons (Fsp3) is 0.619. The lowest BCUT2D eigenvalue weighted by Gasteiger charge is -2.26. The van der Waals surface area contributed by atoms with Gasteiger partial charge in [0.15, 0.2) is 5.78 Å². The minimum atomic E-state index is -0.422. The first-order valence-electron chi connectivity index (χ1n) is 9.91. The molecule has 1 N–H and O–H groups in total. The molecule has 0 aromatic carbocycles. The summed E-state index contributed by atoms with van der Waals surface area (Å²) in [6.45, 7) is 5.86. The number of likely N-dealkylation sites (tertiary alicyclic amines) is 1. The zero-order valence-electron chi connectivity index (χ0n) is 16.0. The Morgan fingerprint density at radius 1 is 1.41 bits per heavy atom. The standard InChI is InChI=1S/C21H28N2O3S/c1-15(24)19-7-17(12-27-19)9-23-10-18-11-26-14-21(18,13-23)20(25)22-8-16-5-3-2-4-6-16/h5,7,12,18H,2-4,6,8-11,13-14H2,1H3,(H,22,25)/t18?,21-/m1/s1. The fourth-order valence-electron chi connectivity index (χ4n) is 4.62. The monoisotopic (exact) mass is 388 g/mol. The number of carbonyl (C=O) groups excluding carboxylic acids is 2. The summed E-state index contributed by atoms with van der Waals surface area (Å²) in [4.78, 5) is 27.8. The van der Waals surface area contributed by atoms with Gasteiger partial charge in [-0.1, -0.05) is 11.6 Å².